The topological polar surface area (TPSA) is 80.5 Å². The van der Waals surface area contributed by atoms with Crippen molar-refractivity contribution in [2.45, 2.75) is 6.92 Å². The number of hydrogen-bond acceptors (Lipinski definition) is 5. The minimum Gasteiger partial charge on any atom is -0.383 e. The van der Waals surface area contributed by atoms with Crippen molar-refractivity contribution in [3.8, 4) is 0 Å². The summed E-state index contributed by atoms with van der Waals surface area (Å²) in [5.74, 6) is 0.657. The fourth-order valence-corrected chi connectivity index (χ4v) is 1.81. The standard InChI is InChI=1S/C13H19N5O2/c1-10-16-17-12-4-3-11(9-18(10)12)13(19)15-6-5-14-7-8-20-2/h3-4,9,14H,5-8H2,1-2H3,(H,15,19). The second-order valence-electron chi connectivity index (χ2n) is 4.39. The summed E-state index contributed by atoms with van der Waals surface area (Å²) in [6.07, 6.45) is 1.75. The SMILES string of the molecule is COCCNCCNC(=O)c1ccc2nnc(C)n2c1. The first-order valence-electron chi connectivity index (χ1n) is 6.51. The Morgan fingerprint density at radius 1 is 1.30 bits per heavy atom. The number of nitrogens with zero attached hydrogens (tertiary/aromatic N) is 3. The lowest BCUT2D eigenvalue weighted by molar-refractivity contribution is 0.0953. The highest BCUT2D eigenvalue weighted by atomic mass is 16.5. The zero-order chi connectivity index (χ0) is 14.4. The molecule has 0 saturated heterocycles. The summed E-state index contributed by atoms with van der Waals surface area (Å²) in [5, 5.41) is 14.0. The minimum atomic E-state index is -0.103. The van der Waals surface area contributed by atoms with Gasteiger partial charge in [0.1, 0.15) is 5.82 Å². The molecule has 2 heterocycles. The van der Waals surface area contributed by atoms with Gasteiger partial charge in [0.15, 0.2) is 5.65 Å². The summed E-state index contributed by atoms with van der Waals surface area (Å²) in [6.45, 7) is 4.57. The van der Waals surface area contributed by atoms with E-state index in [4.69, 9.17) is 4.74 Å². The lowest BCUT2D eigenvalue weighted by atomic mass is 10.2. The molecule has 0 saturated carbocycles. The van der Waals surface area contributed by atoms with Crippen LogP contribution in [0.5, 0.6) is 0 Å². The minimum absolute atomic E-state index is 0.103. The van der Waals surface area contributed by atoms with E-state index in [0.717, 1.165) is 18.0 Å². The Labute approximate surface area is 117 Å². The highest BCUT2D eigenvalue weighted by Crippen LogP contribution is 2.06. The number of rotatable bonds is 7. The molecule has 0 spiro atoms. The zero-order valence-electron chi connectivity index (χ0n) is 11.7. The molecule has 0 atom stereocenters. The van der Waals surface area contributed by atoms with E-state index >= 15 is 0 Å². The van der Waals surface area contributed by atoms with E-state index in [2.05, 4.69) is 20.8 Å². The first kappa shape index (κ1) is 14.4. The van der Waals surface area contributed by atoms with Crippen molar-refractivity contribution in [3.05, 3.63) is 29.7 Å². The van der Waals surface area contributed by atoms with Crippen LogP contribution in [0.1, 0.15) is 16.2 Å². The third-order valence-electron chi connectivity index (χ3n) is 2.91. The van der Waals surface area contributed by atoms with Gasteiger partial charge in [0, 0.05) is 32.9 Å². The fraction of sp³-hybridized carbons (Fsp3) is 0.462. The molecule has 0 radical (unpaired) electrons. The van der Waals surface area contributed by atoms with E-state index < -0.39 is 0 Å². The second kappa shape index (κ2) is 6.97. The lowest BCUT2D eigenvalue weighted by Gasteiger charge is -2.07. The predicted octanol–water partition coefficient (Wildman–Crippen LogP) is 0.00352. The van der Waals surface area contributed by atoms with Crippen LogP contribution in [0.4, 0.5) is 0 Å². The summed E-state index contributed by atoms with van der Waals surface area (Å²) < 4.78 is 6.72. The van der Waals surface area contributed by atoms with Gasteiger partial charge in [-0.05, 0) is 19.1 Å². The number of pyridine rings is 1. The Hall–Kier alpha value is -1.99. The van der Waals surface area contributed by atoms with Crippen LogP contribution >= 0.6 is 0 Å². The van der Waals surface area contributed by atoms with Gasteiger partial charge in [0.05, 0.1) is 12.2 Å². The fourth-order valence-electron chi connectivity index (χ4n) is 1.81. The maximum absolute atomic E-state index is 12.0. The predicted molar refractivity (Wildman–Crippen MR) is 74.8 cm³/mol. The molecule has 0 aliphatic carbocycles. The highest BCUT2D eigenvalue weighted by molar-refractivity contribution is 5.94. The van der Waals surface area contributed by atoms with Gasteiger partial charge < -0.3 is 15.4 Å². The molecule has 0 aliphatic rings. The quantitative estimate of drug-likeness (QED) is 0.697. The van der Waals surface area contributed by atoms with Crippen molar-refractivity contribution in [2.24, 2.45) is 0 Å². The van der Waals surface area contributed by atoms with E-state index in [1.54, 1.807) is 29.8 Å². The van der Waals surface area contributed by atoms with Gasteiger partial charge in [0.2, 0.25) is 0 Å². The van der Waals surface area contributed by atoms with Crippen molar-refractivity contribution in [1.29, 1.82) is 0 Å². The van der Waals surface area contributed by atoms with Gasteiger partial charge in [-0.1, -0.05) is 0 Å². The normalized spacial score (nSPS) is 10.9. The van der Waals surface area contributed by atoms with Crippen LogP contribution in [-0.2, 0) is 4.74 Å². The Bertz CT molecular complexity index is 581. The maximum Gasteiger partial charge on any atom is 0.252 e. The highest BCUT2D eigenvalue weighted by Gasteiger charge is 2.07. The van der Waals surface area contributed by atoms with Crippen LogP contribution in [0.2, 0.25) is 0 Å². The zero-order valence-corrected chi connectivity index (χ0v) is 11.7. The molecule has 7 heteroatoms. The Morgan fingerprint density at radius 3 is 2.95 bits per heavy atom. The summed E-state index contributed by atoms with van der Waals surface area (Å²) in [7, 11) is 1.66. The van der Waals surface area contributed by atoms with Gasteiger partial charge in [-0.15, -0.1) is 10.2 Å². The number of carbonyl (C=O) groups excluding carboxylic acids is 1. The van der Waals surface area contributed by atoms with Crippen molar-refractivity contribution in [1.82, 2.24) is 25.2 Å². The van der Waals surface area contributed by atoms with Crippen molar-refractivity contribution in [3.63, 3.8) is 0 Å². The van der Waals surface area contributed by atoms with Crippen LogP contribution in [0.15, 0.2) is 18.3 Å². The summed E-state index contributed by atoms with van der Waals surface area (Å²) in [4.78, 5) is 12.0. The van der Waals surface area contributed by atoms with Crippen LogP contribution in [0, 0.1) is 6.92 Å². The molecule has 2 aromatic heterocycles. The van der Waals surface area contributed by atoms with E-state index in [1.165, 1.54) is 0 Å². The van der Waals surface area contributed by atoms with Gasteiger partial charge in [0.25, 0.3) is 5.91 Å². The summed E-state index contributed by atoms with van der Waals surface area (Å²) in [6, 6.07) is 3.53. The molecule has 2 aromatic rings. The number of carbonyl (C=O) groups is 1. The van der Waals surface area contributed by atoms with Crippen LogP contribution in [-0.4, -0.2) is 53.9 Å². The molecule has 108 valence electrons. The number of ether oxygens (including phenoxy) is 1. The molecule has 0 aliphatic heterocycles. The smallest absolute Gasteiger partial charge is 0.252 e. The molecule has 2 rings (SSSR count). The maximum atomic E-state index is 12.0. The monoisotopic (exact) mass is 277 g/mol. The van der Waals surface area contributed by atoms with Gasteiger partial charge in [-0.25, -0.2) is 0 Å². The van der Waals surface area contributed by atoms with Crippen molar-refractivity contribution < 1.29 is 9.53 Å². The molecular formula is C13H19N5O2. The number of amides is 1. The van der Waals surface area contributed by atoms with Crippen LogP contribution in [0.3, 0.4) is 0 Å². The molecule has 20 heavy (non-hydrogen) atoms. The third kappa shape index (κ3) is 3.52. The second-order valence-corrected chi connectivity index (χ2v) is 4.39. The molecule has 2 N–H and O–H groups in total. The number of aromatic nitrogens is 3. The van der Waals surface area contributed by atoms with Crippen LogP contribution < -0.4 is 10.6 Å². The van der Waals surface area contributed by atoms with Crippen LogP contribution in [0.25, 0.3) is 5.65 Å². The first-order valence-corrected chi connectivity index (χ1v) is 6.51. The molecule has 1 amide bonds. The largest absolute Gasteiger partial charge is 0.383 e. The average Bonchev–Trinajstić information content (AvgIpc) is 2.83. The lowest BCUT2D eigenvalue weighted by Crippen LogP contribution is -2.33. The van der Waals surface area contributed by atoms with Crippen molar-refractivity contribution >= 4 is 11.6 Å². The Balaban J connectivity index is 1.86. The Kier molecular flexibility index (Phi) is 5.03. The van der Waals surface area contributed by atoms with E-state index in [0.29, 0.717) is 25.3 Å². The number of methoxy groups -OCH3 is 1. The molecule has 0 bridgehead atoms. The number of nitrogens with one attached hydrogen (secondary N) is 2. The number of fused-ring (bicyclic) bond motifs is 1. The molecular weight excluding hydrogens is 258 g/mol. The summed E-state index contributed by atoms with van der Waals surface area (Å²) in [5.41, 5.74) is 1.33. The first-order chi connectivity index (χ1) is 9.72. The van der Waals surface area contributed by atoms with E-state index in [1.807, 2.05) is 6.92 Å². The van der Waals surface area contributed by atoms with Crippen molar-refractivity contribution in [2.75, 3.05) is 33.4 Å². The third-order valence-corrected chi connectivity index (χ3v) is 2.91. The van der Waals surface area contributed by atoms with E-state index in [9.17, 15) is 4.79 Å². The molecule has 0 fully saturated rings. The van der Waals surface area contributed by atoms with E-state index in [-0.39, 0.29) is 5.91 Å². The average molecular weight is 277 g/mol. The number of aryl methyl sites for hydroxylation is 1. The number of hydrogen-bond donors (Lipinski definition) is 2. The molecule has 7 nitrogen and oxygen atoms in total. The molecule has 0 aromatic carbocycles. The molecule has 0 unspecified atom stereocenters. The van der Waals surface area contributed by atoms with Gasteiger partial charge in [-0.3, -0.25) is 9.20 Å². The van der Waals surface area contributed by atoms with Gasteiger partial charge >= 0.3 is 0 Å². The summed E-state index contributed by atoms with van der Waals surface area (Å²) >= 11 is 0. The Morgan fingerprint density at radius 2 is 2.15 bits per heavy atom. The van der Waals surface area contributed by atoms with Gasteiger partial charge in [-0.2, -0.15) is 0 Å².